The average molecular weight is 236 g/mol. The molecule has 0 bridgehead atoms. The van der Waals surface area contributed by atoms with Crippen molar-refractivity contribution in [1.29, 1.82) is 5.26 Å². The number of nitriles is 1. The van der Waals surface area contributed by atoms with Gasteiger partial charge in [0.2, 0.25) is 0 Å². The summed E-state index contributed by atoms with van der Waals surface area (Å²) in [5.74, 6) is 0.725. The Hall–Kier alpha value is -1.54. The predicted octanol–water partition coefficient (Wildman–Crippen LogP) is 1.56. The Morgan fingerprint density at radius 1 is 1.59 bits per heavy atom. The Morgan fingerprint density at radius 3 is 2.71 bits per heavy atom. The van der Waals surface area contributed by atoms with Crippen LogP contribution in [0.5, 0.6) is 0 Å². The highest BCUT2D eigenvalue weighted by Gasteiger charge is 2.25. The summed E-state index contributed by atoms with van der Waals surface area (Å²) in [6.07, 6.45) is 1.50. The summed E-state index contributed by atoms with van der Waals surface area (Å²) in [4.78, 5) is 0. The maximum Gasteiger partial charge on any atom is 0.142 e. The van der Waals surface area contributed by atoms with E-state index in [1.165, 1.54) is 0 Å². The fraction of sp³-hybridized carbons (Fsp3) is 0.667. The summed E-state index contributed by atoms with van der Waals surface area (Å²) < 4.78 is 1.68. The molecule has 5 heteroatoms. The summed E-state index contributed by atoms with van der Waals surface area (Å²) in [6, 6.07) is 2.17. The van der Waals surface area contributed by atoms with Gasteiger partial charge in [-0.3, -0.25) is 4.68 Å². The van der Waals surface area contributed by atoms with Gasteiger partial charge in [-0.05, 0) is 26.7 Å². The molecule has 17 heavy (non-hydrogen) atoms. The number of aromatic nitrogens is 2. The van der Waals surface area contributed by atoms with E-state index in [1.807, 2.05) is 20.9 Å². The molecule has 1 heterocycles. The second kappa shape index (κ2) is 5.19. The number of rotatable bonds is 5. The smallest absolute Gasteiger partial charge is 0.142 e. The fourth-order valence-corrected chi connectivity index (χ4v) is 1.80. The molecular weight excluding hydrogens is 216 g/mol. The van der Waals surface area contributed by atoms with Gasteiger partial charge in [-0.15, -0.1) is 0 Å². The molecule has 1 aromatic heterocycles. The van der Waals surface area contributed by atoms with Crippen LogP contribution in [0.25, 0.3) is 0 Å². The molecular formula is C12H20N4O. The van der Waals surface area contributed by atoms with Gasteiger partial charge >= 0.3 is 0 Å². The van der Waals surface area contributed by atoms with Crippen LogP contribution in [0.2, 0.25) is 0 Å². The highest BCUT2D eigenvalue weighted by molar-refractivity contribution is 5.56. The average Bonchev–Trinajstić information content (AvgIpc) is 2.54. The van der Waals surface area contributed by atoms with E-state index < -0.39 is 0 Å². The third-order valence-electron chi connectivity index (χ3n) is 3.20. The van der Waals surface area contributed by atoms with Crippen molar-refractivity contribution in [3.05, 3.63) is 11.3 Å². The third kappa shape index (κ3) is 2.77. The minimum atomic E-state index is -0.222. The number of anilines is 1. The fourth-order valence-electron chi connectivity index (χ4n) is 1.80. The van der Waals surface area contributed by atoms with Gasteiger partial charge in [0, 0.05) is 19.2 Å². The van der Waals surface area contributed by atoms with Crippen molar-refractivity contribution >= 4 is 5.82 Å². The molecule has 0 aliphatic heterocycles. The Kier molecular flexibility index (Phi) is 4.13. The summed E-state index contributed by atoms with van der Waals surface area (Å²) in [6.45, 7) is 6.03. The second-order valence-corrected chi connectivity index (χ2v) is 4.56. The SMILES string of the molecule is CCC(C)(CCO)Nc1c(C#N)c(C)nn1C. The second-order valence-electron chi connectivity index (χ2n) is 4.56. The van der Waals surface area contributed by atoms with Crippen LogP contribution in [0.1, 0.15) is 37.9 Å². The monoisotopic (exact) mass is 236 g/mol. The first kappa shape index (κ1) is 13.5. The molecule has 0 saturated carbocycles. The molecule has 0 aliphatic rings. The van der Waals surface area contributed by atoms with E-state index in [9.17, 15) is 0 Å². The van der Waals surface area contributed by atoms with Gasteiger partial charge in [0.05, 0.1) is 5.69 Å². The molecule has 0 radical (unpaired) electrons. The van der Waals surface area contributed by atoms with Crippen LogP contribution in [0, 0.1) is 18.3 Å². The Morgan fingerprint density at radius 2 is 2.24 bits per heavy atom. The molecule has 1 rings (SSSR count). The molecule has 0 spiro atoms. The first-order chi connectivity index (χ1) is 7.97. The summed E-state index contributed by atoms with van der Waals surface area (Å²) in [5.41, 5.74) is 1.07. The minimum absolute atomic E-state index is 0.121. The lowest BCUT2D eigenvalue weighted by atomic mass is 9.94. The van der Waals surface area contributed by atoms with Crippen molar-refractivity contribution in [2.45, 2.75) is 39.2 Å². The standard InChI is InChI=1S/C12H20N4O/c1-5-12(3,6-7-17)14-11-10(8-13)9(2)15-16(11)4/h14,17H,5-7H2,1-4H3. The van der Waals surface area contributed by atoms with Crippen molar-refractivity contribution in [3.8, 4) is 6.07 Å². The topological polar surface area (TPSA) is 73.9 Å². The molecule has 1 unspecified atom stereocenters. The van der Waals surface area contributed by atoms with Crippen molar-refractivity contribution in [1.82, 2.24) is 9.78 Å². The lowest BCUT2D eigenvalue weighted by Gasteiger charge is -2.30. The largest absolute Gasteiger partial charge is 0.396 e. The highest BCUT2D eigenvalue weighted by atomic mass is 16.3. The van der Waals surface area contributed by atoms with Gasteiger partial charge in [0.1, 0.15) is 17.5 Å². The van der Waals surface area contributed by atoms with Crippen molar-refractivity contribution < 1.29 is 5.11 Å². The predicted molar refractivity (Wildman–Crippen MR) is 66.7 cm³/mol. The molecule has 1 aromatic rings. The molecule has 2 N–H and O–H groups in total. The summed E-state index contributed by atoms with van der Waals surface area (Å²) in [7, 11) is 1.81. The van der Waals surface area contributed by atoms with Crippen molar-refractivity contribution in [2.24, 2.45) is 7.05 Å². The number of hydrogen-bond donors (Lipinski definition) is 2. The van der Waals surface area contributed by atoms with E-state index in [0.29, 0.717) is 12.0 Å². The lowest BCUT2D eigenvalue weighted by molar-refractivity contribution is 0.251. The van der Waals surface area contributed by atoms with Gasteiger partial charge in [-0.1, -0.05) is 6.92 Å². The maximum absolute atomic E-state index is 9.12. The Balaban J connectivity index is 3.06. The minimum Gasteiger partial charge on any atom is -0.396 e. The van der Waals surface area contributed by atoms with Gasteiger partial charge in [0.15, 0.2) is 0 Å². The summed E-state index contributed by atoms with van der Waals surface area (Å²) in [5, 5.41) is 25.8. The van der Waals surface area contributed by atoms with E-state index in [4.69, 9.17) is 10.4 Å². The van der Waals surface area contributed by atoms with E-state index in [0.717, 1.165) is 17.9 Å². The third-order valence-corrected chi connectivity index (χ3v) is 3.20. The summed E-state index contributed by atoms with van der Waals surface area (Å²) >= 11 is 0. The quantitative estimate of drug-likeness (QED) is 0.813. The lowest BCUT2D eigenvalue weighted by Crippen LogP contribution is -2.36. The van der Waals surface area contributed by atoms with E-state index in [-0.39, 0.29) is 12.1 Å². The Labute approximate surface area is 102 Å². The highest BCUT2D eigenvalue weighted by Crippen LogP contribution is 2.25. The van der Waals surface area contributed by atoms with Gasteiger partial charge < -0.3 is 10.4 Å². The van der Waals surface area contributed by atoms with Crippen molar-refractivity contribution in [3.63, 3.8) is 0 Å². The number of hydrogen-bond acceptors (Lipinski definition) is 4. The van der Waals surface area contributed by atoms with E-state index in [1.54, 1.807) is 4.68 Å². The van der Waals surface area contributed by atoms with Crippen LogP contribution >= 0.6 is 0 Å². The molecule has 0 aromatic carbocycles. The van der Waals surface area contributed by atoms with Gasteiger partial charge in [0.25, 0.3) is 0 Å². The Bertz CT molecular complexity index is 432. The van der Waals surface area contributed by atoms with Gasteiger partial charge in [-0.25, -0.2) is 0 Å². The van der Waals surface area contributed by atoms with Crippen LogP contribution in [0.4, 0.5) is 5.82 Å². The molecule has 94 valence electrons. The molecule has 0 amide bonds. The number of aliphatic hydroxyl groups excluding tert-OH is 1. The number of nitrogens with one attached hydrogen (secondary N) is 1. The molecule has 0 fully saturated rings. The molecule has 1 atom stereocenters. The zero-order valence-corrected chi connectivity index (χ0v) is 10.9. The number of aliphatic hydroxyl groups is 1. The molecule has 5 nitrogen and oxygen atoms in total. The van der Waals surface area contributed by atoms with Crippen LogP contribution in [-0.4, -0.2) is 27.0 Å². The zero-order chi connectivity index (χ0) is 13.1. The van der Waals surface area contributed by atoms with Crippen LogP contribution in [-0.2, 0) is 7.05 Å². The molecule has 0 saturated heterocycles. The van der Waals surface area contributed by atoms with Crippen LogP contribution < -0.4 is 5.32 Å². The van der Waals surface area contributed by atoms with E-state index in [2.05, 4.69) is 23.4 Å². The van der Waals surface area contributed by atoms with Crippen molar-refractivity contribution in [2.75, 3.05) is 11.9 Å². The van der Waals surface area contributed by atoms with Gasteiger partial charge in [-0.2, -0.15) is 10.4 Å². The van der Waals surface area contributed by atoms with Crippen LogP contribution in [0.3, 0.4) is 0 Å². The first-order valence-electron chi connectivity index (χ1n) is 5.80. The maximum atomic E-state index is 9.12. The van der Waals surface area contributed by atoms with E-state index >= 15 is 0 Å². The number of nitrogens with zero attached hydrogens (tertiary/aromatic N) is 3. The normalized spacial score (nSPS) is 14.1. The van der Waals surface area contributed by atoms with Crippen LogP contribution in [0.15, 0.2) is 0 Å². The first-order valence-corrected chi connectivity index (χ1v) is 5.80. The zero-order valence-electron chi connectivity index (χ0n) is 10.9. The number of aryl methyl sites for hydroxylation is 2. The molecule has 0 aliphatic carbocycles.